The minimum atomic E-state index is -0.945. The predicted octanol–water partition coefficient (Wildman–Crippen LogP) is 2.31. The van der Waals surface area contributed by atoms with Gasteiger partial charge in [-0.3, -0.25) is 4.68 Å². The van der Waals surface area contributed by atoms with Gasteiger partial charge in [0.25, 0.3) is 0 Å². The molecule has 0 spiro atoms. The number of aryl methyl sites for hydroxylation is 2. The van der Waals surface area contributed by atoms with Crippen molar-refractivity contribution in [1.29, 1.82) is 0 Å². The molecule has 100 valence electrons. The predicted molar refractivity (Wildman–Crippen MR) is 70.4 cm³/mol. The van der Waals surface area contributed by atoms with E-state index in [1.165, 1.54) is 0 Å². The fourth-order valence-corrected chi connectivity index (χ4v) is 1.95. The Labute approximate surface area is 111 Å². The highest BCUT2D eigenvalue weighted by atomic mass is 16.5. The number of aromatic carboxylic acids is 1. The summed E-state index contributed by atoms with van der Waals surface area (Å²) >= 11 is 0. The molecule has 1 aromatic heterocycles. The van der Waals surface area contributed by atoms with Crippen molar-refractivity contribution in [3.63, 3.8) is 0 Å². The molecule has 1 N–H and O–H groups in total. The number of hydrogen-bond donors (Lipinski definition) is 1. The van der Waals surface area contributed by atoms with Gasteiger partial charge in [0.05, 0.1) is 17.0 Å². The first-order valence-corrected chi connectivity index (χ1v) is 5.94. The smallest absolute Gasteiger partial charge is 0.336 e. The van der Waals surface area contributed by atoms with E-state index in [1.807, 2.05) is 20.0 Å². The van der Waals surface area contributed by atoms with Crippen LogP contribution in [0.25, 0.3) is 0 Å². The van der Waals surface area contributed by atoms with Crippen molar-refractivity contribution in [3.8, 4) is 5.75 Å². The van der Waals surface area contributed by atoms with Crippen LogP contribution in [0.4, 0.5) is 0 Å². The number of rotatable bonds is 4. The standard InChI is InChI=1S/C14H16N2O3/c1-9-7-11(16(3)15-9)8-19-13-6-4-5-12(10(13)2)14(17)18/h4-7H,8H2,1-3H3,(H,17,18). The lowest BCUT2D eigenvalue weighted by Crippen LogP contribution is -2.06. The molecular weight excluding hydrogens is 244 g/mol. The highest BCUT2D eigenvalue weighted by molar-refractivity contribution is 5.90. The lowest BCUT2D eigenvalue weighted by atomic mass is 10.1. The molecule has 0 aliphatic carbocycles. The quantitative estimate of drug-likeness (QED) is 0.916. The van der Waals surface area contributed by atoms with E-state index in [-0.39, 0.29) is 5.56 Å². The third-order valence-electron chi connectivity index (χ3n) is 2.99. The van der Waals surface area contributed by atoms with Crippen molar-refractivity contribution in [2.24, 2.45) is 7.05 Å². The van der Waals surface area contributed by atoms with E-state index in [9.17, 15) is 4.79 Å². The van der Waals surface area contributed by atoms with Gasteiger partial charge in [0, 0.05) is 12.6 Å². The van der Waals surface area contributed by atoms with Crippen LogP contribution in [0.1, 0.15) is 27.3 Å². The average Bonchev–Trinajstić information content (AvgIpc) is 2.66. The normalized spacial score (nSPS) is 10.5. The monoisotopic (exact) mass is 260 g/mol. The first-order valence-electron chi connectivity index (χ1n) is 5.94. The maximum atomic E-state index is 11.0. The Morgan fingerprint density at radius 3 is 2.74 bits per heavy atom. The molecule has 0 bridgehead atoms. The molecule has 0 fully saturated rings. The van der Waals surface area contributed by atoms with Crippen molar-refractivity contribution in [3.05, 3.63) is 46.8 Å². The van der Waals surface area contributed by atoms with Crippen LogP contribution in [0.2, 0.25) is 0 Å². The Kier molecular flexibility index (Phi) is 3.55. The summed E-state index contributed by atoms with van der Waals surface area (Å²) in [6, 6.07) is 6.96. The SMILES string of the molecule is Cc1cc(COc2cccc(C(=O)O)c2C)n(C)n1. The van der Waals surface area contributed by atoms with Crippen LogP contribution in [0.3, 0.4) is 0 Å². The first kappa shape index (κ1) is 13.1. The molecule has 0 saturated carbocycles. The van der Waals surface area contributed by atoms with Gasteiger partial charge >= 0.3 is 5.97 Å². The van der Waals surface area contributed by atoms with E-state index in [0.29, 0.717) is 17.9 Å². The molecule has 19 heavy (non-hydrogen) atoms. The van der Waals surface area contributed by atoms with Crippen LogP contribution >= 0.6 is 0 Å². The third kappa shape index (κ3) is 2.76. The number of benzene rings is 1. The molecule has 0 aliphatic heterocycles. The molecule has 0 aliphatic rings. The molecule has 0 atom stereocenters. The van der Waals surface area contributed by atoms with Crippen LogP contribution in [0.15, 0.2) is 24.3 Å². The van der Waals surface area contributed by atoms with Crippen molar-refractivity contribution >= 4 is 5.97 Å². The van der Waals surface area contributed by atoms with Gasteiger partial charge in [0.2, 0.25) is 0 Å². The van der Waals surface area contributed by atoms with E-state index in [2.05, 4.69) is 5.10 Å². The molecule has 5 nitrogen and oxygen atoms in total. The molecule has 0 amide bonds. The molecular formula is C14H16N2O3. The van der Waals surface area contributed by atoms with E-state index >= 15 is 0 Å². The minimum Gasteiger partial charge on any atom is -0.487 e. The highest BCUT2D eigenvalue weighted by Gasteiger charge is 2.11. The number of carboxylic acids is 1. The first-order chi connectivity index (χ1) is 8.99. The number of ether oxygens (including phenoxy) is 1. The van der Waals surface area contributed by atoms with Crippen molar-refractivity contribution < 1.29 is 14.6 Å². The fourth-order valence-electron chi connectivity index (χ4n) is 1.95. The number of carbonyl (C=O) groups is 1. The number of aromatic nitrogens is 2. The number of nitrogens with zero attached hydrogens (tertiary/aromatic N) is 2. The largest absolute Gasteiger partial charge is 0.487 e. The summed E-state index contributed by atoms with van der Waals surface area (Å²) in [6.45, 7) is 4.02. The molecule has 0 unspecified atom stereocenters. The van der Waals surface area contributed by atoms with Gasteiger partial charge in [0.1, 0.15) is 12.4 Å². The van der Waals surface area contributed by atoms with Crippen molar-refractivity contribution in [1.82, 2.24) is 9.78 Å². The van der Waals surface area contributed by atoms with Crippen LogP contribution < -0.4 is 4.74 Å². The summed E-state index contributed by atoms with van der Waals surface area (Å²) in [5.74, 6) is -0.363. The third-order valence-corrected chi connectivity index (χ3v) is 2.99. The molecule has 1 heterocycles. The van der Waals surface area contributed by atoms with E-state index in [4.69, 9.17) is 9.84 Å². The molecule has 0 radical (unpaired) electrons. The van der Waals surface area contributed by atoms with Gasteiger partial charge in [-0.05, 0) is 32.0 Å². The summed E-state index contributed by atoms with van der Waals surface area (Å²) in [4.78, 5) is 11.0. The highest BCUT2D eigenvalue weighted by Crippen LogP contribution is 2.22. The van der Waals surface area contributed by atoms with E-state index in [1.54, 1.807) is 29.8 Å². The molecule has 5 heteroatoms. The van der Waals surface area contributed by atoms with Crippen LogP contribution in [-0.2, 0) is 13.7 Å². The summed E-state index contributed by atoms with van der Waals surface area (Å²) in [5, 5.41) is 13.3. The van der Waals surface area contributed by atoms with Gasteiger partial charge in [-0.15, -0.1) is 0 Å². The minimum absolute atomic E-state index is 0.263. The summed E-state index contributed by atoms with van der Waals surface area (Å²) in [7, 11) is 1.85. The lowest BCUT2D eigenvalue weighted by Gasteiger charge is -2.10. The zero-order valence-corrected chi connectivity index (χ0v) is 11.2. The molecule has 0 saturated heterocycles. The second kappa shape index (κ2) is 5.14. The summed E-state index contributed by atoms with van der Waals surface area (Å²) in [5.41, 5.74) is 2.77. The maximum Gasteiger partial charge on any atom is 0.336 e. The molecule has 2 aromatic rings. The fraction of sp³-hybridized carbons (Fsp3) is 0.286. The molecule has 1 aromatic carbocycles. The van der Waals surface area contributed by atoms with Crippen LogP contribution in [0.5, 0.6) is 5.75 Å². The zero-order chi connectivity index (χ0) is 14.0. The zero-order valence-electron chi connectivity index (χ0n) is 11.2. The Morgan fingerprint density at radius 2 is 2.16 bits per heavy atom. The van der Waals surface area contributed by atoms with Crippen molar-refractivity contribution in [2.45, 2.75) is 20.5 Å². The van der Waals surface area contributed by atoms with E-state index in [0.717, 1.165) is 11.4 Å². The van der Waals surface area contributed by atoms with Gasteiger partial charge in [-0.25, -0.2) is 4.79 Å². The molecule has 2 rings (SSSR count). The Bertz CT molecular complexity index is 617. The second-order valence-electron chi connectivity index (χ2n) is 4.42. The number of hydrogen-bond acceptors (Lipinski definition) is 3. The van der Waals surface area contributed by atoms with Gasteiger partial charge in [-0.1, -0.05) is 6.07 Å². The Morgan fingerprint density at radius 1 is 1.42 bits per heavy atom. The van der Waals surface area contributed by atoms with E-state index < -0.39 is 5.97 Å². The van der Waals surface area contributed by atoms with Gasteiger partial charge < -0.3 is 9.84 Å². The Hall–Kier alpha value is -2.30. The summed E-state index contributed by atoms with van der Waals surface area (Å²) < 4.78 is 7.44. The lowest BCUT2D eigenvalue weighted by molar-refractivity contribution is 0.0695. The van der Waals surface area contributed by atoms with Crippen LogP contribution in [0, 0.1) is 13.8 Å². The summed E-state index contributed by atoms with van der Waals surface area (Å²) in [6.07, 6.45) is 0. The van der Waals surface area contributed by atoms with Gasteiger partial charge in [0.15, 0.2) is 0 Å². The van der Waals surface area contributed by atoms with Gasteiger partial charge in [-0.2, -0.15) is 5.10 Å². The topological polar surface area (TPSA) is 64.3 Å². The van der Waals surface area contributed by atoms with Crippen molar-refractivity contribution in [2.75, 3.05) is 0 Å². The average molecular weight is 260 g/mol. The number of carboxylic acid groups (broad SMARTS) is 1. The van der Waals surface area contributed by atoms with Crippen LogP contribution in [-0.4, -0.2) is 20.9 Å². The second-order valence-corrected chi connectivity index (χ2v) is 4.42. The maximum absolute atomic E-state index is 11.0. The Balaban J connectivity index is 2.18.